The second-order valence-corrected chi connectivity index (χ2v) is 5.32. The van der Waals surface area contributed by atoms with Crippen LogP contribution in [0.2, 0.25) is 0 Å². The minimum atomic E-state index is 0.0646. The van der Waals surface area contributed by atoms with Crippen LogP contribution in [-0.2, 0) is 0 Å². The Morgan fingerprint density at radius 1 is 1.05 bits per heavy atom. The van der Waals surface area contributed by atoms with Gasteiger partial charge in [-0.15, -0.1) is 0 Å². The molecule has 0 amide bonds. The number of aromatic hydroxyl groups is 1. The molecule has 2 nitrogen and oxygen atoms in total. The molecule has 0 fully saturated rings. The predicted octanol–water partition coefficient (Wildman–Crippen LogP) is 5.02. The number of Topliss-reactive ketones (excluding diaryl/α,β-unsaturated/α-hetero) is 1. The lowest BCUT2D eigenvalue weighted by Gasteiger charge is -2.05. The monoisotopic (exact) mass is 262 g/mol. The maximum atomic E-state index is 12.0. The van der Waals surface area contributed by atoms with Gasteiger partial charge in [0, 0.05) is 6.42 Å². The van der Waals surface area contributed by atoms with E-state index in [4.69, 9.17) is 0 Å². The van der Waals surface area contributed by atoms with Gasteiger partial charge in [0.1, 0.15) is 5.75 Å². The zero-order valence-electron chi connectivity index (χ0n) is 12.2. The van der Waals surface area contributed by atoms with Gasteiger partial charge in [-0.25, -0.2) is 0 Å². The van der Waals surface area contributed by atoms with Gasteiger partial charge in [0.15, 0.2) is 5.78 Å². The number of aryl methyl sites for hydroxylation is 1. The smallest absolute Gasteiger partial charge is 0.166 e. The van der Waals surface area contributed by atoms with Gasteiger partial charge in [-0.05, 0) is 25.5 Å². The van der Waals surface area contributed by atoms with Crippen molar-refractivity contribution in [3.8, 4) is 5.75 Å². The van der Waals surface area contributed by atoms with E-state index in [-0.39, 0.29) is 11.5 Å². The van der Waals surface area contributed by atoms with Gasteiger partial charge in [-0.2, -0.15) is 0 Å². The molecule has 0 aliphatic rings. The van der Waals surface area contributed by atoms with Gasteiger partial charge in [0.05, 0.1) is 5.56 Å². The van der Waals surface area contributed by atoms with Gasteiger partial charge in [-0.1, -0.05) is 57.1 Å². The summed E-state index contributed by atoms with van der Waals surface area (Å²) in [5.41, 5.74) is 1.49. The van der Waals surface area contributed by atoms with Crippen molar-refractivity contribution >= 4 is 5.78 Å². The Kier molecular flexibility index (Phi) is 7.24. The molecule has 1 N–H and O–H groups in total. The summed E-state index contributed by atoms with van der Waals surface area (Å²) in [5.74, 6) is 0.174. The van der Waals surface area contributed by atoms with E-state index in [9.17, 15) is 9.90 Å². The maximum absolute atomic E-state index is 12.0. The first kappa shape index (κ1) is 15.7. The zero-order valence-corrected chi connectivity index (χ0v) is 12.2. The maximum Gasteiger partial charge on any atom is 0.166 e. The van der Waals surface area contributed by atoms with Crippen molar-refractivity contribution in [1.29, 1.82) is 0 Å². The van der Waals surface area contributed by atoms with Crippen LogP contribution in [0.4, 0.5) is 0 Å². The van der Waals surface area contributed by atoms with Crippen molar-refractivity contribution in [3.63, 3.8) is 0 Å². The molecule has 19 heavy (non-hydrogen) atoms. The van der Waals surface area contributed by atoms with Crippen LogP contribution < -0.4 is 0 Å². The number of unbranched alkanes of at least 4 members (excludes halogenated alkanes) is 6. The van der Waals surface area contributed by atoms with Gasteiger partial charge in [-0.3, -0.25) is 4.79 Å². The second kappa shape index (κ2) is 8.73. The molecular weight excluding hydrogens is 236 g/mol. The van der Waals surface area contributed by atoms with Gasteiger partial charge >= 0.3 is 0 Å². The first-order chi connectivity index (χ1) is 9.15. The Morgan fingerprint density at radius 3 is 2.37 bits per heavy atom. The molecule has 0 bridgehead atoms. The molecular formula is C17H26O2. The third-order valence-corrected chi connectivity index (χ3v) is 3.46. The van der Waals surface area contributed by atoms with E-state index in [1.54, 1.807) is 12.1 Å². The molecule has 2 heteroatoms. The number of carbonyl (C=O) groups excluding carboxylic acids is 1. The average Bonchev–Trinajstić information content (AvgIpc) is 2.40. The van der Waals surface area contributed by atoms with Crippen molar-refractivity contribution in [1.82, 2.24) is 0 Å². The summed E-state index contributed by atoms with van der Waals surface area (Å²) < 4.78 is 0. The highest BCUT2D eigenvalue weighted by Gasteiger charge is 2.10. The number of hydrogen-bond acceptors (Lipinski definition) is 2. The van der Waals surface area contributed by atoms with Gasteiger partial charge in [0.25, 0.3) is 0 Å². The minimum Gasteiger partial charge on any atom is -0.507 e. The van der Waals surface area contributed by atoms with E-state index in [0.29, 0.717) is 12.0 Å². The predicted molar refractivity (Wildman–Crippen MR) is 79.8 cm³/mol. The molecule has 0 aliphatic heterocycles. The number of hydrogen-bond donors (Lipinski definition) is 1. The van der Waals surface area contributed by atoms with Crippen LogP contribution in [0.1, 0.15) is 74.2 Å². The van der Waals surface area contributed by atoms with Crippen LogP contribution in [0.3, 0.4) is 0 Å². The third kappa shape index (κ3) is 5.91. The van der Waals surface area contributed by atoms with Crippen molar-refractivity contribution in [2.24, 2.45) is 0 Å². The average molecular weight is 262 g/mol. The number of ketones is 1. The first-order valence-electron chi connectivity index (χ1n) is 7.48. The van der Waals surface area contributed by atoms with Crippen molar-refractivity contribution < 1.29 is 9.90 Å². The fraction of sp³-hybridized carbons (Fsp3) is 0.588. The molecule has 0 saturated heterocycles. The van der Waals surface area contributed by atoms with Crippen molar-refractivity contribution in [2.45, 2.75) is 65.2 Å². The molecule has 0 saturated carbocycles. The molecule has 0 atom stereocenters. The van der Waals surface area contributed by atoms with Gasteiger partial charge < -0.3 is 5.11 Å². The highest BCUT2D eigenvalue weighted by Crippen LogP contribution is 2.21. The molecule has 1 aromatic rings. The highest BCUT2D eigenvalue weighted by molar-refractivity contribution is 5.98. The van der Waals surface area contributed by atoms with E-state index < -0.39 is 0 Å². The summed E-state index contributed by atoms with van der Waals surface area (Å²) in [5, 5.41) is 9.68. The van der Waals surface area contributed by atoms with Crippen molar-refractivity contribution in [3.05, 3.63) is 29.3 Å². The summed E-state index contributed by atoms with van der Waals surface area (Å²) in [7, 11) is 0. The standard InChI is InChI=1S/C17H26O2/c1-3-4-5-6-7-8-9-10-16(18)15-13-14(2)11-12-17(15)19/h11-13,19H,3-10H2,1-2H3. The van der Waals surface area contributed by atoms with E-state index in [0.717, 1.165) is 18.4 Å². The summed E-state index contributed by atoms with van der Waals surface area (Å²) >= 11 is 0. The largest absolute Gasteiger partial charge is 0.507 e. The van der Waals surface area contributed by atoms with E-state index in [1.165, 1.54) is 32.1 Å². The number of benzene rings is 1. The fourth-order valence-corrected chi connectivity index (χ4v) is 2.25. The van der Waals surface area contributed by atoms with Crippen LogP contribution in [0, 0.1) is 6.92 Å². The molecule has 106 valence electrons. The second-order valence-electron chi connectivity index (χ2n) is 5.32. The Hall–Kier alpha value is -1.31. The Bertz CT molecular complexity index is 396. The minimum absolute atomic E-state index is 0.0646. The van der Waals surface area contributed by atoms with Crippen molar-refractivity contribution in [2.75, 3.05) is 0 Å². The lowest BCUT2D eigenvalue weighted by Crippen LogP contribution is -2.00. The van der Waals surface area contributed by atoms with E-state index in [2.05, 4.69) is 6.92 Å². The summed E-state index contributed by atoms with van der Waals surface area (Å²) in [6.07, 6.45) is 8.97. The fourth-order valence-electron chi connectivity index (χ4n) is 2.25. The lowest BCUT2D eigenvalue weighted by atomic mass is 10.0. The number of rotatable bonds is 9. The molecule has 1 rings (SSSR count). The molecule has 0 unspecified atom stereocenters. The summed E-state index contributed by atoms with van der Waals surface area (Å²) in [6, 6.07) is 5.20. The highest BCUT2D eigenvalue weighted by atomic mass is 16.3. The normalized spacial score (nSPS) is 10.6. The van der Waals surface area contributed by atoms with Crippen LogP contribution >= 0.6 is 0 Å². The molecule has 0 heterocycles. The quantitative estimate of drug-likeness (QED) is 0.501. The molecule has 0 radical (unpaired) electrons. The van der Waals surface area contributed by atoms with Crippen LogP contribution in [0.15, 0.2) is 18.2 Å². The number of phenolic OH excluding ortho intramolecular Hbond substituents is 1. The Balaban J connectivity index is 2.26. The molecule has 1 aromatic carbocycles. The molecule has 0 aromatic heterocycles. The zero-order chi connectivity index (χ0) is 14.1. The first-order valence-corrected chi connectivity index (χ1v) is 7.48. The lowest BCUT2D eigenvalue weighted by molar-refractivity contribution is 0.0976. The summed E-state index contributed by atoms with van der Waals surface area (Å²) in [4.78, 5) is 12.0. The Morgan fingerprint density at radius 2 is 1.68 bits per heavy atom. The van der Waals surface area contributed by atoms with E-state index >= 15 is 0 Å². The number of phenols is 1. The van der Waals surface area contributed by atoms with E-state index in [1.807, 2.05) is 13.0 Å². The van der Waals surface area contributed by atoms with Crippen LogP contribution in [0.5, 0.6) is 5.75 Å². The van der Waals surface area contributed by atoms with Gasteiger partial charge in [0.2, 0.25) is 0 Å². The SMILES string of the molecule is CCCCCCCCCC(=O)c1cc(C)ccc1O. The number of carbonyl (C=O) groups is 1. The van der Waals surface area contributed by atoms with Crippen LogP contribution in [0.25, 0.3) is 0 Å². The Labute approximate surface area is 116 Å². The molecule has 0 aliphatic carbocycles. The third-order valence-electron chi connectivity index (χ3n) is 3.46. The topological polar surface area (TPSA) is 37.3 Å². The van der Waals surface area contributed by atoms with Crippen LogP contribution in [-0.4, -0.2) is 10.9 Å². The summed E-state index contributed by atoms with van der Waals surface area (Å²) in [6.45, 7) is 4.15. The molecule has 0 spiro atoms.